The fourth-order valence-electron chi connectivity index (χ4n) is 2.28. The van der Waals surface area contributed by atoms with Crippen molar-refractivity contribution in [1.82, 2.24) is 5.32 Å². The van der Waals surface area contributed by atoms with Crippen molar-refractivity contribution in [3.8, 4) is 0 Å². The van der Waals surface area contributed by atoms with Crippen molar-refractivity contribution >= 4 is 5.91 Å². The first-order valence-corrected chi connectivity index (χ1v) is 6.29. The molecule has 0 aromatic heterocycles. The Morgan fingerprint density at radius 3 is 2.65 bits per heavy atom. The maximum absolute atomic E-state index is 11.9. The molecule has 92 valence electrons. The van der Waals surface area contributed by atoms with Crippen LogP contribution in [0.15, 0.2) is 30.3 Å². The van der Waals surface area contributed by atoms with E-state index in [1.54, 1.807) is 0 Å². The molecule has 17 heavy (non-hydrogen) atoms. The molecule has 3 nitrogen and oxygen atoms in total. The summed E-state index contributed by atoms with van der Waals surface area (Å²) in [5.74, 6) is -0.00742. The van der Waals surface area contributed by atoms with Crippen molar-refractivity contribution < 1.29 is 9.90 Å². The van der Waals surface area contributed by atoms with Gasteiger partial charge in [-0.3, -0.25) is 4.79 Å². The SMILES string of the molecule is O=C(NC1CCCC(O)CC1)c1ccccc1. The lowest BCUT2D eigenvalue weighted by molar-refractivity contribution is 0.0931. The minimum atomic E-state index is -0.186. The quantitative estimate of drug-likeness (QED) is 0.769. The predicted octanol–water partition coefficient (Wildman–Crippen LogP) is 2.11. The fourth-order valence-corrected chi connectivity index (χ4v) is 2.28. The van der Waals surface area contributed by atoms with Crippen LogP contribution in [-0.2, 0) is 0 Å². The van der Waals surface area contributed by atoms with E-state index in [9.17, 15) is 9.90 Å². The molecule has 1 saturated carbocycles. The largest absolute Gasteiger partial charge is 0.393 e. The van der Waals surface area contributed by atoms with Gasteiger partial charge in [0.15, 0.2) is 0 Å². The van der Waals surface area contributed by atoms with Crippen molar-refractivity contribution in [3.63, 3.8) is 0 Å². The van der Waals surface area contributed by atoms with Gasteiger partial charge in [0.05, 0.1) is 6.10 Å². The Hall–Kier alpha value is -1.35. The molecule has 2 N–H and O–H groups in total. The van der Waals surface area contributed by atoms with E-state index in [1.807, 2.05) is 30.3 Å². The van der Waals surface area contributed by atoms with Gasteiger partial charge in [0.2, 0.25) is 0 Å². The zero-order valence-electron chi connectivity index (χ0n) is 9.93. The predicted molar refractivity (Wildman–Crippen MR) is 66.8 cm³/mol. The van der Waals surface area contributed by atoms with Gasteiger partial charge in [0, 0.05) is 11.6 Å². The molecule has 1 aliphatic rings. The number of hydrogen-bond donors (Lipinski definition) is 2. The second-order valence-corrected chi connectivity index (χ2v) is 4.70. The summed E-state index contributed by atoms with van der Waals surface area (Å²) in [5.41, 5.74) is 0.706. The second kappa shape index (κ2) is 5.82. The molecular formula is C14H19NO2. The number of carbonyl (C=O) groups is 1. The molecule has 0 spiro atoms. The van der Waals surface area contributed by atoms with E-state index in [0.29, 0.717) is 5.56 Å². The highest BCUT2D eigenvalue weighted by Gasteiger charge is 2.19. The molecule has 0 heterocycles. The van der Waals surface area contributed by atoms with Gasteiger partial charge in [-0.1, -0.05) is 18.2 Å². The zero-order valence-corrected chi connectivity index (χ0v) is 9.93. The molecule has 0 radical (unpaired) electrons. The van der Waals surface area contributed by atoms with E-state index in [1.165, 1.54) is 0 Å². The summed E-state index contributed by atoms with van der Waals surface area (Å²) in [6.45, 7) is 0. The van der Waals surface area contributed by atoms with Gasteiger partial charge in [-0.05, 0) is 44.2 Å². The summed E-state index contributed by atoms with van der Waals surface area (Å²) < 4.78 is 0. The lowest BCUT2D eigenvalue weighted by Crippen LogP contribution is -2.34. The smallest absolute Gasteiger partial charge is 0.251 e. The van der Waals surface area contributed by atoms with Gasteiger partial charge < -0.3 is 10.4 Å². The average Bonchev–Trinajstić information content (AvgIpc) is 2.56. The second-order valence-electron chi connectivity index (χ2n) is 4.70. The molecule has 1 fully saturated rings. The van der Waals surface area contributed by atoms with E-state index in [0.717, 1.165) is 32.1 Å². The zero-order chi connectivity index (χ0) is 12.1. The standard InChI is InChI=1S/C14H19NO2/c16-13-8-4-7-12(9-10-13)15-14(17)11-5-2-1-3-6-11/h1-3,5-6,12-13,16H,4,7-10H2,(H,15,17). The molecule has 0 aliphatic heterocycles. The van der Waals surface area contributed by atoms with Crippen LogP contribution in [0.1, 0.15) is 42.5 Å². The third-order valence-electron chi connectivity index (χ3n) is 3.31. The van der Waals surface area contributed by atoms with Crippen LogP contribution in [0.2, 0.25) is 0 Å². The van der Waals surface area contributed by atoms with Crippen LogP contribution >= 0.6 is 0 Å². The van der Waals surface area contributed by atoms with Gasteiger partial charge in [-0.2, -0.15) is 0 Å². The minimum Gasteiger partial charge on any atom is -0.393 e. The number of aliphatic hydroxyl groups excluding tert-OH is 1. The highest BCUT2D eigenvalue weighted by molar-refractivity contribution is 5.94. The summed E-state index contributed by atoms with van der Waals surface area (Å²) in [4.78, 5) is 11.9. The van der Waals surface area contributed by atoms with Gasteiger partial charge in [-0.15, -0.1) is 0 Å². The van der Waals surface area contributed by atoms with Crippen LogP contribution in [0.5, 0.6) is 0 Å². The summed E-state index contributed by atoms with van der Waals surface area (Å²) in [6, 6.07) is 9.48. The Morgan fingerprint density at radius 1 is 1.12 bits per heavy atom. The number of benzene rings is 1. The van der Waals surface area contributed by atoms with Crippen molar-refractivity contribution in [2.24, 2.45) is 0 Å². The molecule has 0 saturated heterocycles. The topological polar surface area (TPSA) is 49.3 Å². The van der Waals surface area contributed by atoms with Crippen LogP contribution in [0, 0.1) is 0 Å². The van der Waals surface area contributed by atoms with Crippen molar-refractivity contribution in [3.05, 3.63) is 35.9 Å². The fraction of sp³-hybridized carbons (Fsp3) is 0.500. The molecule has 1 aromatic carbocycles. The molecule has 1 amide bonds. The van der Waals surface area contributed by atoms with Gasteiger partial charge in [0.25, 0.3) is 5.91 Å². The van der Waals surface area contributed by atoms with Crippen LogP contribution < -0.4 is 5.32 Å². The molecule has 3 heteroatoms. The lowest BCUT2D eigenvalue weighted by Gasteiger charge is -2.16. The first-order valence-electron chi connectivity index (χ1n) is 6.29. The van der Waals surface area contributed by atoms with Gasteiger partial charge in [0.1, 0.15) is 0 Å². The van der Waals surface area contributed by atoms with Crippen LogP contribution in [-0.4, -0.2) is 23.2 Å². The van der Waals surface area contributed by atoms with E-state index in [4.69, 9.17) is 0 Å². The Kier molecular flexibility index (Phi) is 4.15. The van der Waals surface area contributed by atoms with Crippen molar-refractivity contribution in [2.75, 3.05) is 0 Å². The number of nitrogens with one attached hydrogen (secondary N) is 1. The Morgan fingerprint density at radius 2 is 1.88 bits per heavy atom. The summed E-state index contributed by atoms with van der Waals surface area (Å²) in [6.07, 6.45) is 4.29. The molecule has 1 aliphatic carbocycles. The third-order valence-corrected chi connectivity index (χ3v) is 3.31. The molecule has 1 aromatic rings. The molecule has 2 atom stereocenters. The van der Waals surface area contributed by atoms with Crippen LogP contribution in [0.4, 0.5) is 0 Å². The number of amides is 1. The number of carbonyl (C=O) groups excluding carboxylic acids is 1. The normalized spacial score (nSPS) is 25.0. The summed E-state index contributed by atoms with van der Waals surface area (Å²) >= 11 is 0. The molecule has 2 unspecified atom stereocenters. The van der Waals surface area contributed by atoms with E-state index < -0.39 is 0 Å². The van der Waals surface area contributed by atoms with Crippen LogP contribution in [0.3, 0.4) is 0 Å². The van der Waals surface area contributed by atoms with Crippen LogP contribution in [0.25, 0.3) is 0 Å². The highest BCUT2D eigenvalue weighted by atomic mass is 16.3. The Bertz CT molecular complexity index is 364. The lowest BCUT2D eigenvalue weighted by atomic mass is 10.1. The molecule has 2 rings (SSSR count). The van der Waals surface area contributed by atoms with E-state index in [-0.39, 0.29) is 18.1 Å². The molecular weight excluding hydrogens is 214 g/mol. The van der Waals surface area contributed by atoms with Crippen molar-refractivity contribution in [1.29, 1.82) is 0 Å². The minimum absolute atomic E-state index is 0.00742. The van der Waals surface area contributed by atoms with Crippen molar-refractivity contribution in [2.45, 2.75) is 44.2 Å². The maximum atomic E-state index is 11.9. The summed E-state index contributed by atoms with van der Waals surface area (Å²) in [7, 11) is 0. The maximum Gasteiger partial charge on any atom is 0.251 e. The number of aliphatic hydroxyl groups is 1. The highest BCUT2D eigenvalue weighted by Crippen LogP contribution is 2.18. The number of hydrogen-bond acceptors (Lipinski definition) is 2. The Labute approximate surface area is 102 Å². The third kappa shape index (κ3) is 3.56. The van der Waals surface area contributed by atoms with E-state index in [2.05, 4.69) is 5.32 Å². The Balaban J connectivity index is 1.90. The molecule has 0 bridgehead atoms. The monoisotopic (exact) mass is 233 g/mol. The number of rotatable bonds is 2. The first kappa shape index (κ1) is 12.1. The average molecular weight is 233 g/mol. The summed E-state index contributed by atoms with van der Waals surface area (Å²) in [5, 5.41) is 12.6. The first-order chi connectivity index (χ1) is 8.25. The van der Waals surface area contributed by atoms with E-state index >= 15 is 0 Å². The van der Waals surface area contributed by atoms with Gasteiger partial charge >= 0.3 is 0 Å². The van der Waals surface area contributed by atoms with Gasteiger partial charge in [-0.25, -0.2) is 0 Å².